The molecule has 3 aromatic rings. The smallest absolute Gasteiger partial charge is 0.320 e. The fraction of sp³-hybridized carbons (Fsp3) is 0.348. The van der Waals surface area contributed by atoms with Gasteiger partial charge in [-0.15, -0.1) is 0 Å². The molecule has 0 atom stereocenters. The highest BCUT2D eigenvalue weighted by Gasteiger charge is 2.20. The van der Waals surface area contributed by atoms with E-state index in [9.17, 15) is 4.79 Å². The van der Waals surface area contributed by atoms with Gasteiger partial charge in [0.05, 0.1) is 44.4 Å². The lowest BCUT2D eigenvalue weighted by atomic mass is 10.2. The van der Waals surface area contributed by atoms with E-state index in [-0.39, 0.29) is 16.1 Å². The van der Waals surface area contributed by atoms with Crippen molar-refractivity contribution in [3.63, 3.8) is 0 Å². The first-order valence-corrected chi connectivity index (χ1v) is 12.1. The fourth-order valence-electron chi connectivity index (χ4n) is 3.62. The number of carbonyl (C=O) groups is 1. The third kappa shape index (κ3) is 6.66. The molecule has 0 bridgehead atoms. The maximum atomic E-state index is 12.4. The van der Waals surface area contributed by atoms with Crippen molar-refractivity contribution in [2.24, 2.45) is 0 Å². The van der Waals surface area contributed by atoms with Crippen LogP contribution in [-0.2, 0) is 4.74 Å². The average molecular weight is 549 g/mol. The summed E-state index contributed by atoms with van der Waals surface area (Å²) in [6, 6.07) is 2.83. The molecule has 1 aliphatic heterocycles. The first-order valence-electron chi connectivity index (χ1n) is 11.3. The largest absolute Gasteiger partial charge is 0.495 e. The van der Waals surface area contributed by atoms with E-state index < -0.39 is 0 Å². The highest BCUT2D eigenvalue weighted by Crippen LogP contribution is 2.45. The van der Waals surface area contributed by atoms with Crippen LogP contribution in [0.1, 0.15) is 0 Å². The van der Waals surface area contributed by atoms with Crippen molar-refractivity contribution in [3.8, 4) is 22.8 Å². The molecule has 14 heteroatoms. The molecular formula is C23H26Cl2N8O4. The van der Waals surface area contributed by atoms with Gasteiger partial charge in [-0.1, -0.05) is 23.2 Å². The van der Waals surface area contributed by atoms with Crippen LogP contribution in [0.4, 0.5) is 22.1 Å². The summed E-state index contributed by atoms with van der Waals surface area (Å²) in [5.41, 5.74) is 1.32. The third-order valence-electron chi connectivity index (χ3n) is 5.53. The van der Waals surface area contributed by atoms with Gasteiger partial charge in [-0.25, -0.2) is 24.7 Å². The third-order valence-corrected chi connectivity index (χ3v) is 6.28. The number of halogens is 2. The van der Waals surface area contributed by atoms with Crippen molar-refractivity contribution in [2.75, 3.05) is 64.2 Å². The molecule has 1 aromatic carbocycles. The molecule has 0 aliphatic carbocycles. The van der Waals surface area contributed by atoms with E-state index in [1.165, 1.54) is 26.9 Å². The molecule has 2 amide bonds. The van der Waals surface area contributed by atoms with Crippen LogP contribution < -0.4 is 25.4 Å². The number of methoxy groups -OCH3 is 2. The number of morpholine rings is 1. The molecule has 196 valence electrons. The second kappa shape index (κ2) is 12.7. The Morgan fingerprint density at radius 1 is 1.05 bits per heavy atom. The Labute approximate surface area is 223 Å². The molecule has 1 aliphatic rings. The number of benzene rings is 1. The molecule has 0 saturated carbocycles. The number of aromatic nitrogens is 4. The Kier molecular flexibility index (Phi) is 9.12. The number of anilines is 3. The van der Waals surface area contributed by atoms with Crippen LogP contribution >= 0.6 is 23.2 Å². The minimum atomic E-state index is -0.373. The van der Waals surface area contributed by atoms with Gasteiger partial charge in [0.15, 0.2) is 0 Å². The number of carbonyl (C=O) groups excluding carboxylic acids is 1. The molecule has 4 rings (SSSR count). The zero-order chi connectivity index (χ0) is 26.2. The Balaban J connectivity index is 1.49. The first-order chi connectivity index (χ1) is 18.0. The maximum absolute atomic E-state index is 12.4. The van der Waals surface area contributed by atoms with Crippen molar-refractivity contribution >= 4 is 46.6 Å². The van der Waals surface area contributed by atoms with E-state index in [0.717, 1.165) is 19.6 Å². The lowest BCUT2D eigenvalue weighted by Gasteiger charge is -2.26. The summed E-state index contributed by atoms with van der Waals surface area (Å²) in [6.45, 7) is 4.36. The summed E-state index contributed by atoms with van der Waals surface area (Å²) in [5.74, 6) is 1.42. The van der Waals surface area contributed by atoms with Gasteiger partial charge in [0.2, 0.25) is 0 Å². The van der Waals surface area contributed by atoms with Gasteiger partial charge >= 0.3 is 6.03 Å². The Morgan fingerprint density at radius 2 is 1.78 bits per heavy atom. The number of hydrogen-bond donors (Lipinski definition) is 3. The molecule has 1 saturated heterocycles. The topological polar surface area (TPSA) is 136 Å². The van der Waals surface area contributed by atoms with Gasteiger partial charge in [-0.2, -0.15) is 0 Å². The number of urea groups is 1. The Bertz CT molecular complexity index is 1220. The van der Waals surface area contributed by atoms with Crippen LogP contribution in [0, 0.1) is 0 Å². The highest BCUT2D eigenvalue weighted by molar-refractivity contribution is 6.41. The molecule has 0 radical (unpaired) electrons. The lowest BCUT2D eigenvalue weighted by molar-refractivity contribution is 0.0388. The molecule has 0 unspecified atom stereocenters. The standard InChI is InChI=1S/C23H26Cl2N8O4/c1-35-16-10-17(36-2)20(25)21(19(16)24)32-22-14(11-26-12-30-22)15-9-18(29-13-28-15)31-23(34)27-3-4-33-5-7-37-8-6-33/h9-13H,3-8H2,1-2H3,(H,26,30,32)(H2,27,28,29,31,34). The zero-order valence-corrected chi connectivity index (χ0v) is 21.8. The summed E-state index contributed by atoms with van der Waals surface area (Å²) in [7, 11) is 2.98. The van der Waals surface area contributed by atoms with Gasteiger partial charge in [-0.05, 0) is 0 Å². The minimum Gasteiger partial charge on any atom is -0.495 e. The number of rotatable bonds is 9. The summed E-state index contributed by atoms with van der Waals surface area (Å²) in [6.07, 6.45) is 4.28. The monoisotopic (exact) mass is 548 g/mol. The number of hydrogen-bond acceptors (Lipinski definition) is 10. The van der Waals surface area contributed by atoms with E-state index in [0.29, 0.717) is 59.8 Å². The van der Waals surface area contributed by atoms with Crippen molar-refractivity contribution in [2.45, 2.75) is 0 Å². The van der Waals surface area contributed by atoms with Gasteiger partial charge in [0.25, 0.3) is 0 Å². The summed E-state index contributed by atoms with van der Waals surface area (Å²) >= 11 is 13.0. The number of ether oxygens (including phenoxy) is 3. The van der Waals surface area contributed by atoms with Crippen LogP contribution in [0.25, 0.3) is 11.3 Å². The second-order valence-electron chi connectivity index (χ2n) is 7.82. The van der Waals surface area contributed by atoms with Crippen LogP contribution in [0.5, 0.6) is 11.5 Å². The Morgan fingerprint density at radius 3 is 2.49 bits per heavy atom. The molecule has 3 N–H and O–H groups in total. The fourth-order valence-corrected chi connectivity index (χ4v) is 4.21. The van der Waals surface area contributed by atoms with Crippen LogP contribution in [-0.4, -0.2) is 84.5 Å². The number of nitrogens with zero attached hydrogens (tertiary/aromatic N) is 5. The van der Waals surface area contributed by atoms with Gasteiger partial charge in [0, 0.05) is 44.5 Å². The van der Waals surface area contributed by atoms with E-state index in [1.54, 1.807) is 18.3 Å². The van der Waals surface area contributed by atoms with E-state index in [1.807, 2.05) is 0 Å². The molecule has 12 nitrogen and oxygen atoms in total. The summed E-state index contributed by atoms with van der Waals surface area (Å²) in [5, 5.41) is 9.18. The maximum Gasteiger partial charge on any atom is 0.320 e. The predicted octanol–water partition coefficient (Wildman–Crippen LogP) is 3.45. The summed E-state index contributed by atoms with van der Waals surface area (Å²) in [4.78, 5) is 31.5. The van der Waals surface area contributed by atoms with Crippen LogP contribution in [0.3, 0.4) is 0 Å². The Hall–Kier alpha value is -3.45. The van der Waals surface area contributed by atoms with E-state index in [2.05, 4.69) is 40.8 Å². The molecule has 1 fully saturated rings. The predicted molar refractivity (Wildman–Crippen MR) is 140 cm³/mol. The normalized spacial score (nSPS) is 13.6. The zero-order valence-electron chi connectivity index (χ0n) is 20.3. The van der Waals surface area contributed by atoms with E-state index >= 15 is 0 Å². The van der Waals surface area contributed by atoms with Crippen molar-refractivity contribution < 1.29 is 19.0 Å². The molecule has 2 aromatic heterocycles. The van der Waals surface area contributed by atoms with Crippen LogP contribution in [0.15, 0.2) is 31.0 Å². The quantitative estimate of drug-likeness (QED) is 0.364. The minimum absolute atomic E-state index is 0.247. The van der Waals surface area contributed by atoms with Crippen molar-refractivity contribution in [3.05, 3.63) is 41.0 Å². The molecule has 3 heterocycles. The lowest BCUT2D eigenvalue weighted by Crippen LogP contribution is -2.42. The molecule has 37 heavy (non-hydrogen) atoms. The number of nitrogens with one attached hydrogen (secondary N) is 3. The number of amides is 2. The average Bonchev–Trinajstić information content (AvgIpc) is 2.92. The second-order valence-corrected chi connectivity index (χ2v) is 8.57. The summed E-state index contributed by atoms with van der Waals surface area (Å²) < 4.78 is 16.0. The van der Waals surface area contributed by atoms with Gasteiger partial charge < -0.3 is 24.8 Å². The first kappa shape index (κ1) is 26.6. The van der Waals surface area contributed by atoms with Crippen molar-refractivity contribution in [1.82, 2.24) is 30.2 Å². The SMILES string of the molecule is COc1cc(OC)c(Cl)c(Nc2ncncc2-c2cc(NC(=O)NCCN3CCOCC3)ncn2)c1Cl. The highest BCUT2D eigenvalue weighted by atomic mass is 35.5. The molecule has 0 spiro atoms. The van der Waals surface area contributed by atoms with E-state index in [4.69, 9.17) is 37.4 Å². The van der Waals surface area contributed by atoms with Gasteiger partial charge in [0.1, 0.15) is 45.8 Å². The van der Waals surface area contributed by atoms with Gasteiger partial charge in [-0.3, -0.25) is 10.2 Å². The molecular weight excluding hydrogens is 523 g/mol. The van der Waals surface area contributed by atoms with Crippen molar-refractivity contribution in [1.29, 1.82) is 0 Å². The van der Waals surface area contributed by atoms with Crippen LogP contribution in [0.2, 0.25) is 10.0 Å².